The molecule has 0 fully saturated rings. The van der Waals surface area contributed by atoms with E-state index < -0.39 is 5.41 Å². The standard InChI is InChI=1S/C21H18FN3O2/c1-21(2)12-16-17(19(26)20(21)24-27)18(13-8-10-14(22)11-9-13)23-25(16)15-6-4-3-5-7-15/h3-11,27H,12H2,1-2H3/b24-20+. The lowest BCUT2D eigenvalue weighted by Gasteiger charge is -2.29. The van der Waals surface area contributed by atoms with Gasteiger partial charge in [-0.05, 0) is 36.4 Å². The van der Waals surface area contributed by atoms with E-state index in [1.165, 1.54) is 12.1 Å². The minimum Gasteiger partial charge on any atom is -0.411 e. The molecule has 1 aromatic heterocycles. The van der Waals surface area contributed by atoms with Crippen molar-refractivity contribution in [3.05, 3.63) is 71.7 Å². The molecule has 0 saturated heterocycles. The number of benzene rings is 2. The molecule has 6 heteroatoms. The average Bonchev–Trinajstić information content (AvgIpc) is 3.01. The number of ketones is 1. The van der Waals surface area contributed by atoms with Gasteiger partial charge in [0.1, 0.15) is 17.2 Å². The summed E-state index contributed by atoms with van der Waals surface area (Å²) in [6, 6.07) is 15.4. The van der Waals surface area contributed by atoms with E-state index in [2.05, 4.69) is 10.3 Å². The van der Waals surface area contributed by atoms with Gasteiger partial charge in [-0.2, -0.15) is 5.10 Å². The van der Waals surface area contributed by atoms with E-state index in [4.69, 9.17) is 0 Å². The summed E-state index contributed by atoms with van der Waals surface area (Å²) in [5.74, 6) is -0.717. The van der Waals surface area contributed by atoms with E-state index in [1.807, 2.05) is 44.2 Å². The zero-order chi connectivity index (χ0) is 19.2. The molecule has 0 bridgehead atoms. The van der Waals surface area contributed by atoms with E-state index in [0.29, 0.717) is 23.2 Å². The number of hydrogen-bond acceptors (Lipinski definition) is 4. The maximum absolute atomic E-state index is 13.4. The third kappa shape index (κ3) is 2.73. The number of carbonyl (C=O) groups is 1. The first-order valence-corrected chi connectivity index (χ1v) is 8.63. The van der Waals surface area contributed by atoms with Crippen LogP contribution < -0.4 is 0 Å². The fourth-order valence-electron chi connectivity index (χ4n) is 3.56. The second kappa shape index (κ2) is 6.16. The summed E-state index contributed by atoms with van der Waals surface area (Å²) >= 11 is 0. The molecule has 0 atom stereocenters. The Labute approximate surface area is 155 Å². The minimum atomic E-state index is -0.633. The van der Waals surface area contributed by atoms with Crippen molar-refractivity contribution in [2.24, 2.45) is 10.6 Å². The zero-order valence-corrected chi connectivity index (χ0v) is 15.0. The van der Waals surface area contributed by atoms with Gasteiger partial charge >= 0.3 is 0 Å². The van der Waals surface area contributed by atoms with Crippen LogP contribution in [0.15, 0.2) is 59.8 Å². The van der Waals surface area contributed by atoms with Crippen molar-refractivity contribution in [1.82, 2.24) is 9.78 Å². The number of halogens is 1. The Kier molecular flexibility index (Phi) is 3.91. The van der Waals surface area contributed by atoms with Gasteiger partial charge in [0.05, 0.1) is 16.9 Å². The van der Waals surface area contributed by atoms with Gasteiger partial charge in [-0.15, -0.1) is 0 Å². The quantitative estimate of drug-likeness (QED) is 0.546. The summed E-state index contributed by atoms with van der Waals surface area (Å²) in [6.45, 7) is 3.73. The van der Waals surface area contributed by atoms with Crippen LogP contribution in [-0.4, -0.2) is 26.5 Å². The van der Waals surface area contributed by atoms with Gasteiger partial charge < -0.3 is 5.21 Å². The highest BCUT2D eigenvalue weighted by Crippen LogP contribution is 2.38. The van der Waals surface area contributed by atoms with E-state index in [0.717, 1.165) is 11.4 Å². The number of carbonyl (C=O) groups excluding carboxylic acids is 1. The van der Waals surface area contributed by atoms with Gasteiger partial charge in [0.15, 0.2) is 0 Å². The molecule has 1 heterocycles. The number of oxime groups is 1. The van der Waals surface area contributed by atoms with Crippen LogP contribution in [-0.2, 0) is 6.42 Å². The monoisotopic (exact) mass is 363 g/mol. The van der Waals surface area contributed by atoms with Crippen LogP contribution in [0.2, 0.25) is 0 Å². The van der Waals surface area contributed by atoms with Crippen molar-refractivity contribution in [2.45, 2.75) is 20.3 Å². The van der Waals surface area contributed by atoms with Crippen LogP contribution in [0.1, 0.15) is 29.9 Å². The molecule has 5 nitrogen and oxygen atoms in total. The SMILES string of the molecule is CC1(C)Cc2c(c(-c3ccc(F)cc3)nn2-c2ccccc2)C(=O)/C1=N\O. The predicted molar refractivity (Wildman–Crippen MR) is 100.0 cm³/mol. The number of rotatable bonds is 2. The minimum absolute atomic E-state index is 0.103. The Bertz CT molecular complexity index is 1050. The van der Waals surface area contributed by atoms with Gasteiger partial charge in [0.2, 0.25) is 5.78 Å². The molecule has 0 radical (unpaired) electrons. The molecular weight excluding hydrogens is 345 g/mol. The highest BCUT2D eigenvalue weighted by Gasteiger charge is 2.43. The second-order valence-electron chi connectivity index (χ2n) is 7.26. The van der Waals surface area contributed by atoms with Gasteiger partial charge in [0, 0.05) is 17.4 Å². The van der Waals surface area contributed by atoms with Gasteiger partial charge in [-0.1, -0.05) is 37.2 Å². The zero-order valence-electron chi connectivity index (χ0n) is 15.0. The summed E-state index contributed by atoms with van der Waals surface area (Å²) in [7, 11) is 0. The molecule has 2 aromatic carbocycles. The van der Waals surface area contributed by atoms with Crippen LogP contribution >= 0.6 is 0 Å². The molecule has 0 unspecified atom stereocenters. The number of nitrogens with zero attached hydrogens (tertiary/aromatic N) is 3. The Morgan fingerprint density at radius 3 is 2.41 bits per heavy atom. The molecule has 136 valence electrons. The van der Waals surface area contributed by atoms with Crippen molar-refractivity contribution in [2.75, 3.05) is 0 Å². The molecule has 0 amide bonds. The molecule has 1 N–H and O–H groups in total. The molecule has 1 aliphatic carbocycles. The first-order chi connectivity index (χ1) is 12.9. The van der Waals surface area contributed by atoms with Crippen LogP contribution in [0.4, 0.5) is 4.39 Å². The highest BCUT2D eigenvalue weighted by atomic mass is 19.1. The Hall–Kier alpha value is -3.28. The maximum atomic E-state index is 13.4. The summed E-state index contributed by atoms with van der Waals surface area (Å²) in [6.07, 6.45) is 0.483. The lowest BCUT2D eigenvalue weighted by atomic mass is 9.73. The third-order valence-corrected chi connectivity index (χ3v) is 4.89. The van der Waals surface area contributed by atoms with E-state index in [-0.39, 0.29) is 17.3 Å². The average molecular weight is 363 g/mol. The first kappa shape index (κ1) is 17.1. The normalized spacial score (nSPS) is 17.1. The van der Waals surface area contributed by atoms with Gasteiger partial charge in [0.25, 0.3) is 0 Å². The lowest BCUT2D eigenvalue weighted by molar-refractivity contribution is 0.104. The smallest absolute Gasteiger partial charge is 0.215 e. The molecule has 0 spiro atoms. The van der Waals surface area contributed by atoms with Crippen molar-refractivity contribution in [3.63, 3.8) is 0 Å². The molecule has 3 aromatic rings. The fourth-order valence-corrected chi connectivity index (χ4v) is 3.56. The third-order valence-electron chi connectivity index (χ3n) is 4.89. The number of hydrogen-bond donors (Lipinski definition) is 1. The molecule has 0 aliphatic heterocycles. The van der Waals surface area contributed by atoms with E-state index in [1.54, 1.807) is 16.8 Å². The number of para-hydroxylation sites is 1. The van der Waals surface area contributed by atoms with Crippen LogP contribution in [0, 0.1) is 11.2 Å². The summed E-state index contributed by atoms with van der Waals surface area (Å²) in [5, 5.41) is 17.4. The Balaban J connectivity index is 2.01. The second-order valence-corrected chi connectivity index (χ2v) is 7.26. The van der Waals surface area contributed by atoms with Crippen molar-refractivity contribution in [1.29, 1.82) is 0 Å². The summed E-state index contributed by atoms with van der Waals surface area (Å²) < 4.78 is 15.1. The number of aromatic nitrogens is 2. The maximum Gasteiger partial charge on any atom is 0.215 e. The number of Topliss-reactive ketones (excluding diaryl/α,β-unsaturated/α-hetero) is 1. The van der Waals surface area contributed by atoms with E-state index in [9.17, 15) is 14.4 Å². The molecule has 4 rings (SSSR count). The molecule has 27 heavy (non-hydrogen) atoms. The summed E-state index contributed by atoms with van der Waals surface area (Å²) in [5.41, 5.74) is 2.54. The highest BCUT2D eigenvalue weighted by molar-refractivity contribution is 6.49. The van der Waals surface area contributed by atoms with E-state index >= 15 is 0 Å². The molecule has 1 aliphatic rings. The van der Waals surface area contributed by atoms with Crippen molar-refractivity contribution in [3.8, 4) is 16.9 Å². The van der Waals surface area contributed by atoms with Crippen LogP contribution in [0.3, 0.4) is 0 Å². The fraction of sp³-hybridized carbons (Fsp3) is 0.190. The summed E-state index contributed by atoms with van der Waals surface area (Å²) in [4.78, 5) is 13.2. The number of fused-ring (bicyclic) bond motifs is 1. The van der Waals surface area contributed by atoms with Crippen molar-refractivity contribution < 1.29 is 14.4 Å². The van der Waals surface area contributed by atoms with Gasteiger partial charge in [-0.25, -0.2) is 9.07 Å². The van der Waals surface area contributed by atoms with Crippen LogP contribution in [0.5, 0.6) is 0 Å². The lowest BCUT2D eigenvalue weighted by Crippen LogP contribution is -2.39. The topological polar surface area (TPSA) is 67.5 Å². The predicted octanol–water partition coefficient (Wildman–Crippen LogP) is 4.27. The molecular formula is C21H18FN3O2. The Morgan fingerprint density at radius 1 is 1.11 bits per heavy atom. The van der Waals surface area contributed by atoms with Crippen molar-refractivity contribution >= 4 is 11.5 Å². The van der Waals surface area contributed by atoms with Gasteiger partial charge in [-0.3, -0.25) is 4.79 Å². The Morgan fingerprint density at radius 2 is 1.78 bits per heavy atom. The molecule has 0 saturated carbocycles. The van der Waals surface area contributed by atoms with Crippen LogP contribution in [0.25, 0.3) is 16.9 Å². The first-order valence-electron chi connectivity index (χ1n) is 8.63. The largest absolute Gasteiger partial charge is 0.411 e.